The summed E-state index contributed by atoms with van der Waals surface area (Å²) in [5.74, 6) is 0.133. The first-order valence-electron chi connectivity index (χ1n) is 5.71. The third-order valence-corrected chi connectivity index (χ3v) is 3.89. The molecule has 19 heavy (non-hydrogen) atoms. The first kappa shape index (κ1) is 14.2. The molecule has 0 radical (unpaired) electrons. The zero-order valence-electron chi connectivity index (χ0n) is 10.2. The Morgan fingerprint density at radius 2 is 1.84 bits per heavy atom. The number of phenolic OH excluding ortho intramolecular Hbond substituents is 1. The third kappa shape index (κ3) is 3.22. The van der Waals surface area contributed by atoms with Gasteiger partial charge in [-0.3, -0.25) is 4.79 Å². The van der Waals surface area contributed by atoms with E-state index in [9.17, 15) is 9.90 Å². The van der Waals surface area contributed by atoms with Crippen molar-refractivity contribution in [3.05, 3.63) is 44.9 Å². The fraction of sp³-hybridized carbons (Fsp3) is 0.143. The normalized spacial score (nSPS) is 16.9. The van der Waals surface area contributed by atoms with E-state index in [1.165, 1.54) is 6.08 Å². The van der Waals surface area contributed by atoms with Crippen molar-refractivity contribution >= 4 is 49.0 Å². The van der Waals surface area contributed by atoms with Gasteiger partial charge in [0.15, 0.2) is 5.78 Å². The molecule has 0 bridgehead atoms. The number of carbonyl (C=O) groups excluding carboxylic acids is 1. The number of phenols is 1. The highest BCUT2D eigenvalue weighted by Crippen LogP contribution is 2.36. The van der Waals surface area contributed by atoms with Gasteiger partial charge in [0.2, 0.25) is 0 Å². The van der Waals surface area contributed by atoms with Crippen molar-refractivity contribution in [2.24, 2.45) is 4.99 Å². The van der Waals surface area contributed by atoms with E-state index in [0.717, 1.165) is 17.7 Å². The van der Waals surface area contributed by atoms with Crippen LogP contribution in [-0.4, -0.2) is 16.6 Å². The maximum Gasteiger partial charge on any atom is 0.179 e. The molecule has 0 aliphatic heterocycles. The molecule has 0 heterocycles. The van der Waals surface area contributed by atoms with Crippen molar-refractivity contribution in [3.63, 3.8) is 0 Å². The van der Waals surface area contributed by atoms with Gasteiger partial charge >= 0.3 is 0 Å². The van der Waals surface area contributed by atoms with Crippen molar-refractivity contribution in [1.29, 1.82) is 0 Å². The Hall–Kier alpha value is -1.20. The fourth-order valence-electron chi connectivity index (χ4n) is 1.71. The van der Waals surface area contributed by atoms with Crippen LogP contribution >= 0.6 is 31.9 Å². The van der Waals surface area contributed by atoms with Crippen molar-refractivity contribution in [2.75, 3.05) is 0 Å². The quantitative estimate of drug-likeness (QED) is 0.765. The smallest absolute Gasteiger partial charge is 0.179 e. The Morgan fingerprint density at radius 3 is 2.42 bits per heavy atom. The molecule has 0 unspecified atom stereocenters. The summed E-state index contributed by atoms with van der Waals surface area (Å²) in [5.41, 5.74) is 2.38. The summed E-state index contributed by atoms with van der Waals surface area (Å²) >= 11 is 6.53. The Labute approximate surface area is 128 Å². The van der Waals surface area contributed by atoms with Crippen LogP contribution in [0.5, 0.6) is 5.75 Å². The molecule has 3 nitrogen and oxygen atoms in total. The lowest BCUT2D eigenvalue weighted by Gasteiger charge is -2.09. The van der Waals surface area contributed by atoms with Gasteiger partial charge in [-0.2, -0.15) is 0 Å². The van der Waals surface area contributed by atoms with E-state index in [0.29, 0.717) is 14.6 Å². The van der Waals surface area contributed by atoms with Gasteiger partial charge in [0.05, 0.1) is 20.3 Å². The van der Waals surface area contributed by atoms with Gasteiger partial charge in [-0.05, 0) is 74.2 Å². The average Bonchev–Trinajstić information content (AvgIpc) is 2.38. The van der Waals surface area contributed by atoms with Crippen molar-refractivity contribution < 1.29 is 9.90 Å². The van der Waals surface area contributed by atoms with E-state index in [1.54, 1.807) is 24.3 Å². The van der Waals surface area contributed by atoms with Gasteiger partial charge in [-0.15, -0.1) is 0 Å². The average molecular weight is 385 g/mol. The summed E-state index contributed by atoms with van der Waals surface area (Å²) in [5, 5.41) is 9.66. The Bertz CT molecular complexity index is 607. The molecule has 1 N–H and O–H groups in total. The molecule has 2 rings (SSSR count). The first-order valence-corrected chi connectivity index (χ1v) is 7.29. The maximum atomic E-state index is 11.3. The number of nitrogens with zero attached hydrogens (tertiary/aromatic N) is 1. The first-order chi connectivity index (χ1) is 9.01. The Balaban J connectivity index is 2.44. The highest BCUT2D eigenvalue weighted by Gasteiger charge is 2.11. The zero-order chi connectivity index (χ0) is 14.0. The van der Waals surface area contributed by atoms with Gasteiger partial charge in [0.25, 0.3) is 0 Å². The van der Waals surface area contributed by atoms with Crippen LogP contribution in [-0.2, 0) is 4.79 Å². The lowest BCUT2D eigenvalue weighted by Crippen LogP contribution is -2.07. The van der Waals surface area contributed by atoms with Gasteiger partial charge in [0, 0.05) is 0 Å². The number of ketones is 1. The topological polar surface area (TPSA) is 49.7 Å². The van der Waals surface area contributed by atoms with Crippen molar-refractivity contribution in [2.45, 2.75) is 13.3 Å². The molecule has 0 saturated carbocycles. The second kappa shape index (κ2) is 5.84. The molecule has 0 aromatic heterocycles. The van der Waals surface area contributed by atoms with Crippen LogP contribution in [0.4, 0.5) is 5.69 Å². The van der Waals surface area contributed by atoms with Gasteiger partial charge in [0.1, 0.15) is 5.75 Å². The number of allylic oxidation sites excluding steroid dienone is 4. The van der Waals surface area contributed by atoms with E-state index in [2.05, 4.69) is 36.9 Å². The van der Waals surface area contributed by atoms with Crippen LogP contribution < -0.4 is 0 Å². The van der Waals surface area contributed by atoms with Gasteiger partial charge in [-0.1, -0.05) is 6.92 Å². The molecule has 0 spiro atoms. The second-order valence-electron chi connectivity index (χ2n) is 4.01. The molecule has 1 aromatic rings. The molecular weight excluding hydrogens is 374 g/mol. The lowest BCUT2D eigenvalue weighted by atomic mass is 10.0. The van der Waals surface area contributed by atoms with E-state index >= 15 is 0 Å². The summed E-state index contributed by atoms with van der Waals surface area (Å²) in [6, 6.07) is 3.45. The van der Waals surface area contributed by atoms with Crippen LogP contribution in [0, 0.1) is 0 Å². The summed E-state index contributed by atoms with van der Waals surface area (Å²) < 4.78 is 1.14. The van der Waals surface area contributed by atoms with Crippen LogP contribution in [0.25, 0.3) is 0 Å². The van der Waals surface area contributed by atoms with E-state index in [-0.39, 0.29) is 11.5 Å². The second-order valence-corrected chi connectivity index (χ2v) is 5.72. The summed E-state index contributed by atoms with van der Waals surface area (Å²) in [4.78, 5) is 15.8. The molecule has 0 atom stereocenters. The van der Waals surface area contributed by atoms with Gasteiger partial charge < -0.3 is 5.11 Å². The Kier molecular flexibility index (Phi) is 4.37. The highest BCUT2D eigenvalue weighted by molar-refractivity contribution is 9.11. The highest BCUT2D eigenvalue weighted by atomic mass is 79.9. The van der Waals surface area contributed by atoms with Crippen LogP contribution in [0.1, 0.15) is 13.3 Å². The minimum atomic E-state index is -0.0103. The molecule has 5 heteroatoms. The monoisotopic (exact) mass is 383 g/mol. The summed E-state index contributed by atoms with van der Waals surface area (Å²) in [6.07, 6.45) is 5.57. The molecular formula is C14H11Br2NO2. The number of benzene rings is 1. The number of halogens is 2. The predicted molar refractivity (Wildman–Crippen MR) is 83.1 cm³/mol. The van der Waals surface area contributed by atoms with Crippen LogP contribution in [0.15, 0.2) is 49.9 Å². The lowest BCUT2D eigenvalue weighted by molar-refractivity contribution is -0.110. The molecule has 0 fully saturated rings. The minimum absolute atomic E-state index is 0.0103. The van der Waals surface area contributed by atoms with E-state index in [4.69, 9.17) is 0 Å². The predicted octanol–water partition coefficient (Wildman–Crippen LogP) is 4.47. The summed E-state index contributed by atoms with van der Waals surface area (Å²) in [6.45, 7) is 1.98. The van der Waals surface area contributed by atoms with Crippen molar-refractivity contribution in [3.8, 4) is 5.75 Å². The number of carbonyl (C=O) groups is 1. The molecule has 1 aliphatic carbocycles. The van der Waals surface area contributed by atoms with E-state index < -0.39 is 0 Å². The third-order valence-electron chi connectivity index (χ3n) is 2.68. The SMILES string of the molecule is CCC1=CC(=O)C=CC1=Nc1cc(Br)c(O)c(Br)c1. The number of hydrogen-bond acceptors (Lipinski definition) is 3. The molecule has 0 amide bonds. The number of aliphatic imine (C=N–C) groups is 1. The van der Waals surface area contributed by atoms with Crippen LogP contribution in [0.2, 0.25) is 0 Å². The number of hydrogen-bond donors (Lipinski definition) is 1. The maximum absolute atomic E-state index is 11.3. The van der Waals surface area contributed by atoms with E-state index in [1.807, 2.05) is 6.92 Å². The fourth-order valence-corrected chi connectivity index (χ4v) is 2.87. The molecule has 98 valence electrons. The standard InChI is InChI=1S/C14H11Br2NO2/c1-2-8-5-10(18)3-4-13(8)17-9-6-11(15)14(19)12(16)7-9/h3-7,19H,2H2,1H3. The molecule has 1 aromatic carbocycles. The van der Waals surface area contributed by atoms with Crippen LogP contribution in [0.3, 0.4) is 0 Å². The molecule has 1 aliphatic rings. The minimum Gasteiger partial charge on any atom is -0.506 e. The molecule has 0 saturated heterocycles. The van der Waals surface area contributed by atoms with Crippen molar-refractivity contribution in [1.82, 2.24) is 0 Å². The van der Waals surface area contributed by atoms with Gasteiger partial charge in [-0.25, -0.2) is 4.99 Å². The number of rotatable bonds is 2. The largest absolute Gasteiger partial charge is 0.506 e. The zero-order valence-corrected chi connectivity index (χ0v) is 13.3. The number of aromatic hydroxyl groups is 1. The Morgan fingerprint density at radius 1 is 1.21 bits per heavy atom. The summed E-state index contributed by atoms with van der Waals surface area (Å²) in [7, 11) is 0.